The molecule has 0 atom stereocenters. The molecule has 15 heavy (non-hydrogen) atoms. The Morgan fingerprint density at radius 1 is 1.67 bits per heavy atom. The lowest BCUT2D eigenvalue weighted by Gasteiger charge is -2.06. The van der Waals surface area contributed by atoms with Crippen LogP contribution in [-0.4, -0.2) is 17.7 Å². The van der Waals surface area contributed by atoms with Gasteiger partial charge in [0.25, 0.3) is 0 Å². The number of carboxylic acid groups (broad SMARTS) is 1. The minimum absolute atomic E-state index is 0.153. The maximum atomic E-state index is 10.7. The van der Waals surface area contributed by atoms with Crippen LogP contribution in [0.2, 0.25) is 0 Å². The first-order valence-corrected chi connectivity index (χ1v) is 4.30. The molecular weight excluding hydrogens is 194 g/mol. The van der Waals surface area contributed by atoms with Crippen LogP contribution < -0.4 is 5.48 Å². The topological polar surface area (TPSA) is 58.6 Å². The Labute approximate surface area is 87.8 Å². The Bertz CT molecular complexity index is 407. The molecule has 0 radical (unpaired) electrons. The highest BCUT2D eigenvalue weighted by Crippen LogP contribution is 2.14. The predicted octanol–water partition coefficient (Wildman–Crippen LogP) is 1.67. The van der Waals surface area contributed by atoms with Gasteiger partial charge in [0.15, 0.2) is 0 Å². The molecule has 0 aromatic heterocycles. The third-order valence-corrected chi connectivity index (χ3v) is 1.80. The molecule has 0 aliphatic rings. The summed E-state index contributed by atoms with van der Waals surface area (Å²) in [6.45, 7) is 1.87. The molecule has 0 aliphatic carbocycles. The largest absolute Gasteiger partial charge is 0.478 e. The molecule has 2 N–H and O–H groups in total. The van der Waals surface area contributed by atoms with Crippen LogP contribution in [0.1, 0.15) is 15.9 Å². The fourth-order valence-corrected chi connectivity index (χ4v) is 1.13. The minimum Gasteiger partial charge on any atom is -0.478 e. The van der Waals surface area contributed by atoms with Crippen molar-refractivity contribution in [3.63, 3.8) is 0 Å². The smallest absolute Gasteiger partial charge is 0.335 e. The summed E-state index contributed by atoms with van der Waals surface area (Å²) in [4.78, 5) is 15.6. The summed E-state index contributed by atoms with van der Waals surface area (Å²) in [5, 5.41) is 8.79. The van der Waals surface area contributed by atoms with Gasteiger partial charge >= 0.3 is 5.97 Å². The number of carbonyl (C=O) groups is 1. The fourth-order valence-electron chi connectivity index (χ4n) is 1.13. The maximum absolute atomic E-state index is 10.7. The van der Waals surface area contributed by atoms with Crippen molar-refractivity contribution in [3.05, 3.63) is 29.3 Å². The summed E-state index contributed by atoms with van der Waals surface area (Å²) in [7, 11) is 0. The third kappa shape index (κ3) is 3.01. The number of carboxylic acids is 1. The van der Waals surface area contributed by atoms with Crippen LogP contribution >= 0.6 is 0 Å². The van der Waals surface area contributed by atoms with E-state index in [2.05, 4.69) is 11.4 Å². The Morgan fingerprint density at radius 3 is 2.93 bits per heavy atom. The first kappa shape index (κ1) is 11.1. The van der Waals surface area contributed by atoms with Crippen molar-refractivity contribution in [3.8, 4) is 12.3 Å². The average molecular weight is 205 g/mol. The number of rotatable bonds is 4. The van der Waals surface area contributed by atoms with E-state index in [9.17, 15) is 4.79 Å². The van der Waals surface area contributed by atoms with E-state index in [1.54, 1.807) is 19.1 Å². The van der Waals surface area contributed by atoms with Gasteiger partial charge in [-0.3, -0.25) is 10.3 Å². The number of hydrogen-bond acceptors (Lipinski definition) is 3. The number of aromatic carboxylic acids is 1. The summed E-state index contributed by atoms with van der Waals surface area (Å²) in [5.41, 5.74) is 4.23. The molecule has 0 heterocycles. The highest BCUT2D eigenvalue weighted by Gasteiger charge is 2.06. The van der Waals surface area contributed by atoms with Crippen molar-refractivity contribution in [2.45, 2.75) is 6.92 Å². The van der Waals surface area contributed by atoms with Crippen LogP contribution in [0.25, 0.3) is 0 Å². The summed E-state index contributed by atoms with van der Waals surface area (Å²) >= 11 is 0. The quantitative estimate of drug-likeness (QED) is 0.446. The highest BCUT2D eigenvalue weighted by atomic mass is 16.6. The van der Waals surface area contributed by atoms with E-state index in [-0.39, 0.29) is 12.2 Å². The lowest BCUT2D eigenvalue weighted by atomic mass is 10.1. The van der Waals surface area contributed by atoms with Crippen LogP contribution in [0.3, 0.4) is 0 Å². The van der Waals surface area contributed by atoms with Crippen molar-refractivity contribution < 1.29 is 14.7 Å². The molecule has 0 spiro atoms. The number of anilines is 1. The molecule has 1 aromatic rings. The molecule has 1 aromatic carbocycles. The van der Waals surface area contributed by atoms with Crippen molar-refractivity contribution in [1.82, 2.24) is 0 Å². The van der Waals surface area contributed by atoms with Gasteiger partial charge in [-0.2, -0.15) is 0 Å². The summed E-state index contributed by atoms with van der Waals surface area (Å²) in [6.07, 6.45) is 4.99. The summed E-state index contributed by atoms with van der Waals surface area (Å²) in [5.74, 6) is 1.36. The van der Waals surface area contributed by atoms with Gasteiger partial charge in [0, 0.05) is 0 Å². The second-order valence-corrected chi connectivity index (χ2v) is 2.93. The van der Waals surface area contributed by atoms with Gasteiger partial charge in [-0.25, -0.2) is 4.79 Å². The highest BCUT2D eigenvalue weighted by molar-refractivity contribution is 5.89. The minimum atomic E-state index is -0.941. The van der Waals surface area contributed by atoms with E-state index >= 15 is 0 Å². The molecule has 0 amide bonds. The van der Waals surface area contributed by atoms with Crippen LogP contribution in [0.4, 0.5) is 5.69 Å². The van der Waals surface area contributed by atoms with E-state index in [1.807, 2.05) is 0 Å². The fraction of sp³-hybridized carbons (Fsp3) is 0.182. The molecule has 0 saturated carbocycles. The average Bonchev–Trinajstić information content (AvgIpc) is 2.17. The van der Waals surface area contributed by atoms with Crippen LogP contribution in [0.5, 0.6) is 0 Å². The molecule has 0 saturated heterocycles. The van der Waals surface area contributed by atoms with Gasteiger partial charge in [0.05, 0.1) is 11.3 Å². The molecule has 0 aliphatic heterocycles. The first-order chi connectivity index (χ1) is 7.15. The van der Waals surface area contributed by atoms with Gasteiger partial charge in [-0.1, -0.05) is 5.92 Å². The van der Waals surface area contributed by atoms with Gasteiger partial charge in [-0.15, -0.1) is 6.42 Å². The molecule has 4 heteroatoms. The lowest BCUT2D eigenvalue weighted by molar-refractivity contribution is 0.0696. The standard InChI is InChI=1S/C11H11NO3/c1-3-6-15-12-9-4-5-10(11(13)14)8(2)7-9/h1,4-5,7,12H,6H2,2H3,(H,13,14). The Morgan fingerprint density at radius 2 is 2.40 bits per heavy atom. The molecule has 0 fully saturated rings. The summed E-state index contributed by atoms with van der Waals surface area (Å²) in [6, 6.07) is 4.81. The van der Waals surface area contributed by atoms with E-state index in [0.717, 1.165) is 0 Å². The number of terminal acetylenes is 1. The van der Waals surface area contributed by atoms with Crippen molar-refractivity contribution in [2.75, 3.05) is 12.1 Å². The zero-order chi connectivity index (χ0) is 11.3. The normalized spacial score (nSPS) is 9.33. The van der Waals surface area contributed by atoms with Crippen molar-refractivity contribution >= 4 is 11.7 Å². The Kier molecular flexibility index (Phi) is 3.72. The Hall–Kier alpha value is -1.99. The first-order valence-electron chi connectivity index (χ1n) is 4.30. The Balaban J connectivity index is 2.74. The number of nitrogens with one attached hydrogen (secondary N) is 1. The SMILES string of the molecule is C#CCONc1ccc(C(=O)O)c(C)c1. The maximum Gasteiger partial charge on any atom is 0.335 e. The predicted molar refractivity (Wildman–Crippen MR) is 56.5 cm³/mol. The van der Waals surface area contributed by atoms with Crippen LogP contribution in [-0.2, 0) is 4.84 Å². The van der Waals surface area contributed by atoms with Crippen molar-refractivity contribution in [1.29, 1.82) is 0 Å². The van der Waals surface area contributed by atoms with Gasteiger partial charge in [0.2, 0.25) is 0 Å². The number of hydrogen-bond donors (Lipinski definition) is 2. The molecule has 4 nitrogen and oxygen atoms in total. The monoisotopic (exact) mass is 205 g/mol. The van der Waals surface area contributed by atoms with E-state index in [1.165, 1.54) is 6.07 Å². The van der Waals surface area contributed by atoms with Crippen LogP contribution in [0.15, 0.2) is 18.2 Å². The zero-order valence-corrected chi connectivity index (χ0v) is 8.28. The second kappa shape index (κ2) is 5.03. The van der Waals surface area contributed by atoms with E-state index in [4.69, 9.17) is 16.4 Å². The third-order valence-electron chi connectivity index (χ3n) is 1.80. The number of aryl methyl sites for hydroxylation is 1. The molecular formula is C11H11NO3. The zero-order valence-electron chi connectivity index (χ0n) is 8.28. The molecule has 1 rings (SSSR count). The van der Waals surface area contributed by atoms with Gasteiger partial charge < -0.3 is 5.11 Å². The summed E-state index contributed by atoms with van der Waals surface area (Å²) < 4.78 is 0. The second-order valence-electron chi connectivity index (χ2n) is 2.93. The van der Waals surface area contributed by atoms with Crippen molar-refractivity contribution in [2.24, 2.45) is 0 Å². The molecule has 78 valence electrons. The van der Waals surface area contributed by atoms with Crippen LogP contribution in [0, 0.1) is 19.3 Å². The van der Waals surface area contributed by atoms with E-state index in [0.29, 0.717) is 11.3 Å². The van der Waals surface area contributed by atoms with Gasteiger partial charge in [-0.05, 0) is 30.7 Å². The molecule has 0 unspecified atom stereocenters. The molecule has 0 bridgehead atoms. The van der Waals surface area contributed by atoms with Gasteiger partial charge in [0.1, 0.15) is 6.61 Å². The number of benzene rings is 1. The lowest BCUT2D eigenvalue weighted by Crippen LogP contribution is -2.04. The van der Waals surface area contributed by atoms with E-state index < -0.39 is 5.97 Å².